The molecule has 0 bridgehead atoms. The molecule has 1 aromatic carbocycles. The SMILES string of the molecule is CCOC(=O)C(C)(N)CCCSc1ccccc1Br. The van der Waals surface area contributed by atoms with Gasteiger partial charge in [0.05, 0.1) is 6.61 Å². The molecule has 0 saturated heterocycles. The van der Waals surface area contributed by atoms with Gasteiger partial charge in [-0.2, -0.15) is 0 Å². The summed E-state index contributed by atoms with van der Waals surface area (Å²) in [5.74, 6) is 0.607. The topological polar surface area (TPSA) is 52.3 Å². The van der Waals surface area contributed by atoms with Crippen LogP contribution in [0, 0.1) is 0 Å². The van der Waals surface area contributed by atoms with Gasteiger partial charge in [0.1, 0.15) is 5.54 Å². The highest BCUT2D eigenvalue weighted by atomic mass is 79.9. The van der Waals surface area contributed by atoms with Crippen molar-refractivity contribution in [2.45, 2.75) is 37.1 Å². The van der Waals surface area contributed by atoms with Crippen molar-refractivity contribution in [2.24, 2.45) is 5.73 Å². The van der Waals surface area contributed by atoms with Crippen molar-refractivity contribution in [1.82, 2.24) is 0 Å². The Morgan fingerprint density at radius 2 is 2.16 bits per heavy atom. The van der Waals surface area contributed by atoms with E-state index in [4.69, 9.17) is 10.5 Å². The summed E-state index contributed by atoms with van der Waals surface area (Å²) >= 11 is 5.27. The number of benzene rings is 1. The molecule has 19 heavy (non-hydrogen) atoms. The normalized spacial score (nSPS) is 13.9. The molecule has 0 aliphatic carbocycles. The lowest BCUT2D eigenvalue weighted by Gasteiger charge is -2.21. The van der Waals surface area contributed by atoms with Gasteiger partial charge in [-0.3, -0.25) is 4.79 Å². The first-order chi connectivity index (χ1) is 8.97. The number of rotatable bonds is 7. The second-order valence-electron chi connectivity index (χ2n) is 4.52. The van der Waals surface area contributed by atoms with Gasteiger partial charge in [-0.25, -0.2) is 0 Å². The van der Waals surface area contributed by atoms with Gasteiger partial charge >= 0.3 is 5.97 Å². The summed E-state index contributed by atoms with van der Waals surface area (Å²) in [5, 5.41) is 0. The molecule has 2 N–H and O–H groups in total. The molecule has 1 atom stereocenters. The fourth-order valence-electron chi connectivity index (χ4n) is 1.58. The fraction of sp³-hybridized carbons (Fsp3) is 0.500. The molecule has 0 heterocycles. The van der Waals surface area contributed by atoms with E-state index in [2.05, 4.69) is 22.0 Å². The summed E-state index contributed by atoms with van der Waals surface area (Å²) in [6.07, 6.45) is 1.50. The standard InChI is InChI=1S/C14H20BrNO2S/c1-3-18-13(17)14(2,16)9-6-10-19-12-8-5-4-7-11(12)15/h4-5,7-8H,3,6,9-10,16H2,1-2H3. The maximum absolute atomic E-state index is 11.6. The van der Waals surface area contributed by atoms with Crippen molar-refractivity contribution in [3.05, 3.63) is 28.7 Å². The molecule has 0 saturated carbocycles. The Morgan fingerprint density at radius 3 is 2.79 bits per heavy atom. The number of halogens is 1. The number of ether oxygens (including phenoxy) is 1. The lowest BCUT2D eigenvalue weighted by Crippen LogP contribution is -2.46. The minimum atomic E-state index is -0.884. The van der Waals surface area contributed by atoms with Crippen LogP contribution in [0.25, 0.3) is 0 Å². The number of carbonyl (C=O) groups is 1. The van der Waals surface area contributed by atoms with E-state index in [0.717, 1.165) is 16.6 Å². The van der Waals surface area contributed by atoms with Gasteiger partial charge in [-0.05, 0) is 60.5 Å². The Kier molecular flexibility index (Phi) is 6.89. The van der Waals surface area contributed by atoms with Crippen LogP contribution in [0.15, 0.2) is 33.6 Å². The first kappa shape index (κ1) is 16.5. The third kappa shape index (κ3) is 5.55. The molecule has 0 aliphatic heterocycles. The van der Waals surface area contributed by atoms with E-state index in [9.17, 15) is 4.79 Å². The monoisotopic (exact) mass is 345 g/mol. The predicted octanol–water partition coefficient (Wildman–Crippen LogP) is 3.60. The summed E-state index contributed by atoms with van der Waals surface area (Å²) in [5.41, 5.74) is 5.08. The maximum atomic E-state index is 11.6. The van der Waals surface area contributed by atoms with E-state index in [1.165, 1.54) is 4.90 Å². The predicted molar refractivity (Wildman–Crippen MR) is 83.3 cm³/mol. The van der Waals surface area contributed by atoms with E-state index in [0.29, 0.717) is 13.0 Å². The maximum Gasteiger partial charge on any atom is 0.325 e. The second kappa shape index (κ2) is 7.92. The third-order valence-corrected chi connectivity index (χ3v) is 4.79. The van der Waals surface area contributed by atoms with E-state index >= 15 is 0 Å². The van der Waals surface area contributed by atoms with Crippen LogP contribution in [0.2, 0.25) is 0 Å². The number of nitrogens with two attached hydrogens (primary N) is 1. The van der Waals surface area contributed by atoms with Crippen LogP contribution < -0.4 is 5.73 Å². The lowest BCUT2D eigenvalue weighted by atomic mass is 9.98. The highest BCUT2D eigenvalue weighted by molar-refractivity contribution is 9.10. The van der Waals surface area contributed by atoms with E-state index < -0.39 is 5.54 Å². The first-order valence-electron chi connectivity index (χ1n) is 6.31. The number of carbonyl (C=O) groups excluding carboxylic acids is 1. The smallest absolute Gasteiger partial charge is 0.325 e. The van der Waals surface area contributed by atoms with Crippen molar-refractivity contribution in [1.29, 1.82) is 0 Å². The van der Waals surface area contributed by atoms with Gasteiger partial charge < -0.3 is 10.5 Å². The van der Waals surface area contributed by atoms with Gasteiger partial charge in [0.2, 0.25) is 0 Å². The lowest BCUT2D eigenvalue weighted by molar-refractivity contribution is -0.149. The van der Waals surface area contributed by atoms with Crippen LogP contribution in [0.5, 0.6) is 0 Å². The molecule has 1 unspecified atom stereocenters. The van der Waals surface area contributed by atoms with Gasteiger partial charge in [-0.1, -0.05) is 12.1 Å². The fourth-order valence-corrected chi connectivity index (χ4v) is 3.10. The number of thioether (sulfide) groups is 1. The van der Waals surface area contributed by atoms with Crippen molar-refractivity contribution >= 4 is 33.7 Å². The van der Waals surface area contributed by atoms with Crippen molar-refractivity contribution < 1.29 is 9.53 Å². The van der Waals surface area contributed by atoms with Gasteiger partial charge in [-0.15, -0.1) is 11.8 Å². The molecule has 1 aromatic rings. The molecule has 0 fully saturated rings. The molecule has 106 valence electrons. The first-order valence-corrected chi connectivity index (χ1v) is 8.08. The van der Waals surface area contributed by atoms with Gasteiger partial charge in [0.25, 0.3) is 0 Å². The zero-order valence-electron chi connectivity index (χ0n) is 11.3. The average Bonchev–Trinajstić information content (AvgIpc) is 2.37. The van der Waals surface area contributed by atoms with Crippen LogP contribution in [0.1, 0.15) is 26.7 Å². The minimum absolute atomic E-state index is 0.319. The zero-order chi connectivity index (χ0) is 14.3. The second-order valence-corrected chi connectivity index (χ2v) is 6.51. The molecule has 3 nitrogen and oxygen atoms in total. The molecule has 0 amide bonds. The molecule has 0 spiro atoms. The summed E-state index contributed by atoms with van der Waals surface area (Å²) in [6, 6.07) is 8.10. The quantitative estimate of drug-likeness (QED) is 0.466. The Labute approximate surface area is 127 Å². The highest BCUT2D eigenvalue weighted by Gasteiger charge is 2.29. The molecular formula is C14H20BrNO2S. The average molecular weight is 346 g/mol. The van der Waals surface area contributed by atoms with Crippen LogP contribution in [-0.2, 0) is 9.53 Å². The molecule has 1 rings (SSSR count). The van der Waals surface area contributed by atoms with Crippen molar-refractivity contribution in [3.8, 4) is 0 Å². The van der Waals surface area contributed by atoms with Gasteiger partial charge in [0, 0.05) is 9.37 Å². The molecule has 0 radical (unpaired) electrons. The molecule has 5 heteroatoms. The number of hydrogen-bond donors (Lipinski definition) is 1. The Morgan fingerprint density at radius 1 is 1.47 bits per heavy atom. The van der Waals surface area contributed by atoms with E-state index in [-0.39, 0.29) is 5.97 Å². The highest BCUT2D eigenvalue weighted by Crippen LogP contribution is 2.28. The summed E-state index contributed by atoms with van der Waals surface area (Å²) in [6.45, 7) is 3.89. The van der Waals surface area contributed by atoms with E-state index in [1.807, 2.05) is 18.2 Å². The largest absolute Gasteiger partial charge is 0.465 e. The van der Waals surface area contributed by atoms with Crippen molar-refractivity contribution in [2.75, 3.05) is 12.4 Å². The van der Waals surface area contributed by atoms with Crippen LogP contribution >= 0.6 is 27.7 Å². The van der Waals surface area contributed by atoms with E-state index in [1.54, 1.807) is 25.6 Å². The summed E-state index contributed by atoms with van der Waals surface area (Å²) in [7, 11) is 0. The number of hydrogen-bond acceptors (Lipinski definition) is 4. The summed E-state index contributed by atoms with van der Waals surface area (Å²) < 4.78 is 6.06. The van der Waals surface area contributed by atoms with Crippen LogP contribution in [0.4, 0.5) is 0 Å². The minimum Gasteiger partial charge on any atom is -0.465 e. The molecule has 0 aliphatic rings. The molecule has 0 aromatic heterocycles. The van der Waals surface area contributed by atoms with Crippen LogP contribution in [0.3, 0.4) is 0 Å². The van der Waals surface area contributed by atoms with Crippen LogP contribution in [-0.4, -0.2) is 23.9 Å². The summed E-state index contributed by atoms with van der Waals surface area (Å²) in [4.78, 5) is 12.8. The molecular weight excluding hydrogens is 326 g/mol. The van der Waals surface area contributed by atoms with Crippen molar-refractivity contribution in [3.63, 3.8) is 0 Å². The zero-order valence-corrected chi connectivity index (χ0v) is 13.7. The Balaban J connectivity index is 2.35. The Hall–Kier alpha value is -0.520. The van der Waals surface area contributed by atoms with Gasteiger partial charge in [0.15, 0.2) is 0 Å². The Bertz CT molecular complexity index is 424. The number of esters is 1. The third-order valence-electron chi connectivity index (χ3n) is 2.68.